The predicted molar refractivity (Wildman–Crippen MR) is 66.5 cm³/mol. The minimum atomic E-state index is -0.500. The molecule has 0 unspecified atom stereocenters. The van der Waals surface area contributed by atoms with Crippen LogP contribution in [0.15, 0.2) is 30.3 Å². The molecule has 0 N–H and O–H groups in total. The number of benzene rings is 1. The summed E-state index contributed by atoms with van der Waals surface area (Å²) in [5, 5.41) is 8.81. The maximum Gasteiger partial charge on any atom is 0.194 e. The summed E-state index contributed by atoms with van der Waals surface area (Å²) in [6.07, 6.45) is 1.06. The minimum absolute atomic E-state index is 0.500. The van der Waals surface area contributed by atoms with Crippen LogP contribution in [0, 0.1) is 10.1 Å². The van der Waals surface area contributed by atoms with Crippen LogP contribution in [0.1, 0.15) is 27.2 Å². The molecule has 4 nitrogen and oxygen atoms in total. The average Bonchev–Trinajstić information content (AvgIpc) is 2.30. The predicted octanol–water partition coefficient (Wildman–Crippen LogP) is 3.39. The number of nitro groups is 1. The first-order valence-corrected chi connectivity index (χ1v) is 5.42. The Labute approximate surface area is 97.4 Å². The molecule has 0 aliphatic rings. The molecule has 0 spiro atoms. The van der Waals surface area contributed by atoms with Crippen LogP contribution in [0.5, 0.6) is 5.75 Å². The van der Waals surface area contributed by atoms with Gasteiger partial charge in [0.15, 0.2) is 7.05 Å². The number of rotatable bonds is 3. The largest absolute Gasteiger partial charge is 0.494 e. The van der Waals surface area contributed by atoms with Crippen molar-refractivity contribution in [1.29, 1.82) is 0 Å². The van der Waals surface area contributed by atoms with Crippen molar-refractivity contribution in [2.24, 2.45) is 0 Å². The summed E-state index contributed by atoms with van der Waals surface area (Å²) in [5.41, 5.74) is 0. The maximum atomic E-state index is 8.81. The number of ether oxygens (including phenoxy) is 1. The standard InChI is InChI=1S/C9H12O.C2H6.CH3NO2/c1-2-8-10-9-6-4-3-5-7-9;1-2;1-2(3)4/h3-7H,2,8H2,1H3;1-2H3;1H3. The van der Waals surface area contributed by atoms with Crippen molar-refractivity contribution < 1.29 is 9.66 Å². The van der Waals surface area contributed by atoms with E-state index in [4.69, 9.17) is 14.9 Å². The molecule has 0 aromatic heterocycles. The third-order valence-corrected chi connectivity index (χ3v) is 1.22. The highest BCUT2D eigenvalue weighted by Crippen LogP contribution is 2.07. The van der Waals surface area contributed by atoms with E-state index in [0.717, 1.165) is 25.8 Å². The lowest BCUT2D eigenvalue weighted by molar-refractivity contribution is -0.445. The SMILES string of the molecule is CC.CCCOc1ccccc1.C[N+](=O)[O-]. The summed E-state index contributed by atoms with van der Waals surface area (Å²) < 4.78 is 5.36. The molecule has 0 saturated heterocycles. The number of hydrogen-bond acceptors (Lipinski definition) is 3. The lowest BCUT2D eigenvalue weighted by Crippen LogP contribution is -1.93. The van der Waals surface area contributed by atoms with Gasteiger partial charge in [0.2, 0.25) is 0 Å². The molecule has 0 heterocycles. The quantitative estimate of drug-likeness (QED) is 0.587. The molecule has 0 radical (unpaired) electrons. The van der Waals surface area contributed by atoms with Gasteiger partial charge in [0, 0.05) is 4.92 Å². The summed E-state index contributed by atoms with van der Waals surface area (Å²) in [4.78, 5) is 8.31. The molecule has 1 rings (SSSR count). The Bertz CT molecular complexity index is 246. The lowest BCUT2D eigenvalue weighted by Gasteiger charge is -2.01. The zero-order chi connectivity index (χ0) is 12.8. The zero-order valence-electron chi connectivity index (χ0n) is 10.5. The molecule has 0 bridgehead atoms. The average molecular weight is 227 g/mol. The number of nitrogens with zero attached hydrogens (tertiary/aromatic N) is 1. The van der Waals surface area contributed by atoms with E-state index in [1.807, 2.05) is 44.2 Å². The first-order valence-electron chi connectivity index (χ1n) is 5.42. The third-order valence-electron chi connectivity index (χ3n) is 1.22. The first kappa shape index (κ1) is 16.8. The highest BCUT2D eigenvalue weighted by Gasteiger charge is 1.86. The fourth-order valence-corrected chi connectivity index (χ4v) is 0.737. The van der Waals surface area contributed by atoms with Crippen LogP contribution in [0.4, 0.5) is 0 Å². The molecule has 0 aliphatic heterocycles. The molecule has 1 aromatic rings. The molecular weight excluding hydrogens is 206 g/mol. The van der Waals surface area contributed by atoms with Gasteiger partial charge in [0.1, 0.15) is 5.75 Å². The van der Waals surface area contributed by atoms with Crippen molar-refractivity contribution in [1.82, 2.24) is 0 Å². The van der Waals surface area contributed by atoms with E-state index in [-0.39, 0.29) is 0 Å². The van der Waals surface area contributed by atoms with E-state index < -0.39 is 4.92 Å². The van der Waals surface area contributed by atoms with E-state index in [0.29, 0.717) is 0 Å². The van der Waals surface area contributed by atoms with Crippen LogP contribution in [0.2, 0.25) is 0 Å². The van der Waals surface area contributed by atoms with Gasteiger partial charge in [-0.25, -0.2) is 0 Å². The molecule has 92 valence electrons. The van der Waals surface area contributed by atoms with Crippen molar-refractivity contribution in [3.05, 3.63) is 40.4 Å². The molecule has 0 saturated carbocycles. The van der Waals surface area contributed by atoms with Crippen molar-refractivity contribution in [2.45, 2.75) is 27.2 Å². The van der Waals surface area contributed by atoms with Crippen LogP contribution in [0.25, 0.3) is 0 Å². The van der Waals surface area contributed by atoms with E-state index >= 15 is 0 Å². The Hall–Kier alpha value is -1.58. The van der Waals surface area contributed by atoms with Gasteiger partial charge in [-0.15, -0.1) is 0 Å². The monoisotopic (exact) mass is 227 g/mol. The van der Waals surface area contributed by atoms with Crippen molar-refractivity contribution in [2.75, 3.05) is 13.7 Å². The summed E-state index contributed by atoms with van der Waals surface area (Å²) in [6, 6.07) is 9.88. The summed E-state index contributed by atoms with van der Waals surface area (Å²) >= 11 is 0. The second-order valence-electron chi connectivity index (χ2n) is 2.60. The molecule has 1 aromatic carbocycles. The Morgan fingerprint density at radius 1 is 1.25 bits per heavy atom. The topological polar surface area (TPSA) is 52.4 Å². The van der Waals surface area contributed by atoms with Gasteiger partial charge in [0.25, 0.3) is 0 Å². The highest BCUT2D eigenvalue weighted by molar-refractivity contribution is 5.20. The Kier molecular flexibility index (Phi) is 14.1. The smallest absolute Gasteiger partial charge is 0.194 e. The zero-order valence-corrected chi connectivity index (χ0v) is 10.5. The third kappa shape index (κ3) is 14.9. The van der Waals surface area contributed by atoms with Gasteiger partial charge in [-0.3, -0.25) is 10.1 Å². The second kappa shape index (κ2) is 13.4. The summed E-state index contributed by atoms with van der Waals surface area (Å²) in [5.74, 6) is 0.962. The van der Waals surface area contributed by atoms with E-state index in [1.165, 1.54) is 0 Å². The molecular formula is C12H21NO3. The van der Waals surface area contributed by atoms with Gasteiger partial charge in [0.05, 0.1) is 6.61 Å². The van der Waals surface area contributed by atoms with Gasteiger partial charge < -0.3 is 4.74 Å². The normalized spacial score (nSPS) is 7.75. The van der Waals surface area contributed by atoms with Crippen molar-refractivity contribution in [3.8, 4) is 5.75 Å². The lowest BCUT2D eigenvalue weighted by atomic mass is 10.3. The van der Waals surface area contributed by atoms with Crippen LogP contribution < -0.4 is 4.74 Å². The first-order chi connectivity index (χ1) is 7.66. The van der Waals surface area contributed by atoms with E-state index in [2.05, 4.69) is 6.92 Å². The molecule has 0 aliphatic carbocycles. The van der Waals surface area contributed by atoms with Crippen LogP contribution in [0.3, 0.4) is 0 Å². The molecule has 0 amide bonds. The van der Waals surface area contributed by atoms with E-state index in [9.17, 15) is 0 Å². The number of hydrogen-bond donors (Lipinski definition) is 0. The molecule has 16 heavy (non-hydrogen) atoms. The fourth-order valence-electron chi connectivity index (χ4n) is 0.737. The minimum Gasteiger partial charge on any atom is -0.494 e. The van der Waals surface area contributed by atoms with Crippen molar-refractivity contribution >= 4 is 0 Å². The summed E-state index contributed by atoms with van der Waals surface area (Å²) in [7, 11) is 0.889. The van der Waals surface area contributed by atoms with Gasteiger partial charge in [-0.2, -0.15) is 0 Å². The van der Waals surface area contributed by atoms with Crippen molar-refractivity contribution in [3.63, 3.8) is 0 Å². The van der Waals surface area contributed by atoms with Gasteiger partial charge in [-0.05, 0) is 18.6 Å². The molecule has 0 fully saturated rings. The van der Waals surface area contributed by atoms with E-state index in [1.54, 1.807) is 0 Å². The fraction of sp³-hybridized carbons (Fsp3) is 0.500. The van der Waals surface area contributed by atoms with Crippen LogP contribution in [-0.4, -0.2) is 18.6 Å². The highest BCUT2D eigenvalue weighted by atomic mass is 16.6. The van der Waals surface area contributed by atoms with Crippen LogP contribution in [-0.2, 0) is 0 Å². The molecule has 4 heteroatoms. The Morgan fingerprint density at radius 2 is 1.69 bits per heavy atom. The Morgan fingerprint density at radius 3 is 2.06 bits per heavy atom. The second-order valence-corrected chi connectivity index (χ2v) is 2.60. The maximum absolute atomic E-state index is 8.81. The summed E-state index contributed by atoms with van der Waals surface area (Å²) in [6.45, 7) is 6.91. The van der Waals surface area contributed by atoms with Gasteiger partial charge >= 0.3 is 0 Å². The van der Waals surface area contributed by atoms with Gasteiger partial charge in [-0.1, -0.05) is 39.0 Å². The van der Waals surface area contributed by atoms with Crippen LogP contribution >= 0.6 is 0 Å². The molecule has 0 atom stereocenters. The Balaban J connectivity index is 0. The number of para-hydroxylation sites is 1.